The second-order valence-electron chi connectivity index (χ2n) is 2.16. The minimum atomic E-state index is -0.511. The third kappa shape index (κ3) is 2.04. The molecule has 11 heavy (non-hydrogen) atoms. The molecule has 0 aliphatic carbocycles. The van der Waals surface area contributed by atoms with Crippen LogP contribution in [0.4, 0.5) is 0 Å². The minimum Gasteiger partial charge on any atom is -0.312 e. The Morgan fingerprint density at radius 1 is 1.36 bits per heavy atom. The first-order chi connectivity index (χ1) is 5.24. The van der Waals surface area contributed by atoms with Crippen molar-refractivity contribution in [3.8, 4) is 6.07 Å². The van der Waals surface area contributed by atoms with Gasteiger partial charge in [0.15, 0.2) is 0 Å². The van der Waals surface area contributed by atoms with Crippen molar-refractivity contribution in [3.05, 3.63) is 34.3 Å². The number of nitriles is 1. The second kappa shape index (κ2) is 3.51. The molecule has 3 heteroatoms. The minimum absolute atomic E-state index is 0.511. The molecule has 0 radical (unpaired) electrons. The molecule has 0 amide bonds. The summed E-state index contributed by atoms with van der Waals surface area (Å²) in [5.41, 5.74) is 6.31. The maximum absolute atomic E-state index is 8.47. The number of nitrogens with zero attached hydrogens (tertiary/aromatic N) is 1. The lowest BCUT2D eigenvalue weighted by Gasteiger charge is -2.01. The molecule has 1 atom stereocenters. The first-order valence-corrected chi connectivity index (χ1v) is 3.94. The number of hydrogen-bond acceptors (Lipinski definition) is 2. The largest absolute Gasteiger partial charge is 0.312 e. The molecule has 0 aliphatic heterocycles. The van der Waals surface area contributed by atoms with Gasteiger partial charge in [0, 0.05) is 4.47 Å². The van der Waals surface area contributed by atoms with E-state index >= 15 is 0 Å². The monoisotopic (exact) mass is 210 g/mol. The van der Waals surface area contributed by atoms with Gasteiger partial charge >= 0.3 is 0 Å². The Labute approximate surface area is 73.8 Å². The van der Waals surface area contributed by atoms with Crippen LogP contribution in [0.15, 0.2) is 28.7 Å². The second-order valence-corrected chi connectivity index (χ2v) is 3.07. The highest BCUT2D eigenvalue weighted by atomic mass is 79.9. The Hall–Kier alpha value is -0.850. The molecular formula is C8H7BrN2. The molecule has 1 rings (SSSR count). The Morgan fingerprint density at radius 2 is 1.91 bits per heavy atom. The zero-order valence-corrected chi connectivity index (χ0v) is 7.38. The van der Waals surface area contributed by atoms with Gasteiger partial charge in [-0.1, -0.05) is 28.1 Å². The highest BCUT2D eigenvalue weighted by molar-refractivity contribution is 9.10. The normalized spacial score (nSPS) is 12.1. The molecule has 0 saturated carbocycles. The van der Waals surface area contributed by atoms with Gasteiger partial charge < -0.3 is 5.73 Å². The lowest BCUT2D eigenvalue weighted by atomic mass is 10.1. The predicted octanol–water partition coefficient (Wildman–Crippen LogP) is 1.97. The van der Waals surface area contributed by atoms with Crippen LogP contribution in [0.1, 0.15) is 11.6 Å². The highest BCUT2D eigenvalue weighted by Gasteiger charge is 2.01. The van der Waals surface area contributed by atoms with Crippen LogP contribution in [-0.2, 0) is 0 Å². The van der Waals surface area contributed by atoms with Gasteiger partial charge in [-0.2, -0.15) is 5.26 Å². The fourth-order valence-electron chi connectivity index (χ4n) is 0.745. The number of benzene rings is 1. The molecule has 2 nitrogen and oxygen atoms in total. The van der Waals surface area contributed by atoms with Crippen LogP contribution in [0.3, 0.4) is 0 Å². The van der Waals surface area contributed by atoms with E-state index in [1.54, 1.807) is 0 Å². The van der Waals surface area contributed by atoms with Gasteiger partial charge in [-0.25, -0.2) is 0 Å². The summed E-state index contributed by atoms with van der Waals surface area (Å²) in [6.45, 7) is 0. The van der Waals surface area contributed by atoms with Crippen LogP contribution < -0.4 is 5.73 Å². The Kier molecular flexibility index (Phi) is 2.64. The molecule has 0 aliphatic rings. The van der Waals surface area contributed by atoms with Crippen molar-refractivity contribution in [2.75, 3.05) is 0 Å². The van der Waals surface area contributed by atoms with Gasteiger partial charge in [0.25, 0.3) is 0 Å². The van der Waals surface area contributed by atoms with Crippen LogP contribution in [0.2, 0.25) is 0 Å². The van der Waals surface area contributed by atoms with E-state index in [0.29, 0.717) is 0 Å². The van der Waals surface area contributed by atoms with Crippen LogP contribution in [0.5, 0.6) is 0 Å². The van der Waals surface area contributed by atoms with E-state index in [9.17, 15) is 0 Å². The van der Waals surface area contributed by atoms with Crippen LogP contribution >= 0.6 is 15.9 Å². The topological polar surface area (TPSA) is 49.8 Å². The molecule has 1 aromatic rings. The van der Waals surface area contributed by atoms with E-state index in [4.69, 9.17) is 11.0 Å². The standard InChI is InChI=1S/C8H7BrN2/c9-7-3-1-6(2-4-7)8(11)5-10/h1-4,8H,11H2/t8-/m1/s1. The molecule has 0 spiro atoms. The molecule has 0 heterocycles. The average molecular weight is 211 g/mol. The lowest BCUT2D eigenvalue weighted by Crippen LogP contribution is -2.06. The maximum atomic E-state index is 8.47. The zero-order chi connectivity index (χ0) is 8.27. The van der Waals surface area contributed by atoms with Gasteiger partial charge in [0.1, 0.15) is 6.04 Å². The third-order valence-corrected chi connectivity index (χ3v) is 1.90. The molecule has 0 aromatic heterocycles. The fraction of sp³-hybridized carbons (Fsp3) is 0.125. The fourth-order valence-corrected chi connectivity index (χ4v) is 1.01. The summed E-state index contributed by atoms with van der Waals surface area (Å²) in [6.07, 6.45) is 0. The van der Waals surface area contributed by atoms with E-state index in [2.05, 4.69) is 15.9 Å². The van der Waals surface area contributed by atoms with Crippen molar-refractivity contribution >= 4 is 15.9 Å². The lowest BCUT2D eigenvalue weighted by molar-refractivity contribution is 0.926. The number of rotatable bonds is 1. The van der Waals surface area contributed by atoms with Gasteiger partial charge in [-0.05, 0) is 17.7 Å². The molecule has 0 fully saturated rings. The van der Waals surface area contributed by atoms with Crippen molar-refractivity contribution in [3.63, 3.8) is 0 Å². The van der Waals surface area contributed by atoms with E-state index < -0.39 is 6.04 Å². The number of hydrogen-bond donors (Lipinski definition) is 1. The van der Waals surface area contributed by atoms with Gasteiger partial charge in [0.2, 0.25) is 0 Å². The first kappa shape index (κ1) is 8.25. The van der Waals surface area contributed by atoms with Gasteiger partial charge in [0.05, 0.1) is 6.07 Å². The SMILES string of the molecule is N#C[C@@H](N)c1ccc(Br)cc1. The summed E-state index contributed by atoms with van der Waals surface area (Å²) in [5, 5.41) is 8.47. The number of halogens is 1. The summed E-state index contributed by atoms with van der Waals surface area (Å²) >= 11 is 3.29. The smallest absolute Gasteiger partial charge is 0.118 e. The Morgan fingerprint density at radius 3 is 2.36 bits per heavy atom. The van der Waals surface area contributed by atoms with Gasteiger partial charge in [-0.15, -0.1) is 0 Å². The third-order valence-electron chi connectivity index (χ3n) is 1.37. The molecule has 2 N–H and O–H groups in total. The highest BCUT2D eigenvalue weighted by Crippen LogP contribution is 2.14. The van der Waals surface area contributed by atoms with Crippen molar-refractivity contribution in [1.82, 2.24) is 0 Å². The summed E-state index contributed by atoms with van der Waals surface area (Å²) in [4.78, 5) is 0. The average Bonchev–Trinajstić information content (AvgIpc) is 2.05. The molecule has 0 bridgehead atoms. The van der Waals surface area contributed by atoms with Crippen molar-refractivity contribution in [2.24, 2.45) is 5.73 Å². The molecule has 56 valence electrons. The van der Waals surface area contributed by atoms with Crippen molar-refractivity contribution in [2.45, 2.75) is 6.04 Å². The Bertz CT molecular complexity index is 273. The zero-order valence-electron chi connectivity index (χ0n) is 5.79. The summed E-state index contributed by atoms with van der Waals surface area (Å²) in [5.74, 6) is 0. The molecule has 0 unspecified atom stereocenters. The van der Waals surface area contributed by atoms with Gasteiger partial charge in [-0.3, -0.25) is 0 Å². The number of nitrogens with two attached hydrogens (primary N) is 1. The maximum Gasteiger partial charge on any atom is 0.118 e. The van der Waals surface area contributed by atoms with Crippen molar-refractivity contribution < 1.29 is 0 Å². The first-order valence-electron chi connectivity index (χ1n) is 3.14. The van der Waals surface area contributed by atoms with E-state index in [0.717, 1.165) is 10.0 Å². The van der Waals surface area contributed by atoms with Crippen LogP contribution in [0.25, 0.3) is 0 Å². The van der Waals surface area contributed by atoms with Crippen molar-refractivity contribution in [1.29, 1.82) is 5.26 Å². The van der Waals surface area contributed by atoms with E-state index in [-0.39, 0.29) is 0 Å². The van der Waals surface area contributed by atoms with Crippen LogP contribution in [-0.4, -0.2) is 0 Å². The van der Waals surface area contributed by atoms with E-state index in [1.807, 2.05) is 30.3 Å². The summed E-state index contributed by atoms with van der Waals surface area (Å²) in [6, 6.07) is 8.85. The Balaban J connectivity index is 2.92. The van der Waals surface area contributed by atoms with Crippen LogP contribution in [0, 0.1) is 11.3 Å². The molecule has 0 saturated heterocycles. The predicted molar refractivity (Wildman–Crippen MR) is 46.7 cm³/mol. The summed E-state index contributed by atoms with van der Waals surface area (Å²) in [7, 11) is 0. The quantitative estimate of drug-likeness (QED) is 0.771. The molecular weight excluding hydrogens is 204 g/mol. The molecule has 1 aromatic carbocycles. The summed E-state index contributed by atoms with van der Waals surface area (Å²) < 4.78 is 0.992. The van der Waals surface area contributed by atoms with E-state index in [1.165, 1.54) is 0 Å².